The van der Waals surface area contributed by atoms with Crippen molar-refractivity contribution in [2.45, 2.75) is 18.2 Å². The van der Waals surface area contributed by atoms with E-state index in [-0.39, 0.29) is 28.7 Å². The van der Waals surface area contributed by atoms with Crippen molar-refractivity contribution in [1.82, 2.24) is 9.29 Å². The predicted molar refractivity (Wildman–Crippen MR) is 76.3 cm³/mol. The molecule has 1 aromatic heterocycles. The molecule has 0 aliphatic heterocycles. The van der Waals surface area contributed by atoms with E-state index in [2.05, 4.69) is 4.98 Å². The first-order chi connectivity index (χ1) is 8.95. The van der Waals surface area contributed by atoms with Crippen LogP contribution in [0.3, 0.4) is 0 Å². The van der Waals surface area contributed by atoms with Gasteiger partial charge in [-0.05, 0) is 18.6 Å². The highest BCUT2D eigenvalue weighted by Crippen LogP contribution is 2.18. The summed E-state index contributed by atoms with van der Waals surface area (Å²) in [7, 11) is -3.71. The van der Waals surface area contributed by atoms with E-state index >= 15 is 0 Å². The van der Waals surface area contributed by atoms with E-state index in [9.17, 15) is 8.42 Å². The second-order valence-corrected chi connectivity index (χ2v) is 6.13. The lowest BCUT2D eigenvalue weighted by molar-refractivity contribution is 0.271. The third kappa shape index (κ3) is 3.69. The number of nitrogens with two attached hydrogens (primary N) is 1. The summed E-state index contributed by atoms with van der Waals surface area (Å²) in [4.78, 5) is 3.86. The van der Waals surface area contributed by atoms with E-state index in [0.717, 1.165) is 0 Å². The number of nitrogens with zero attached hydrogens (tertiary/aromatic N) is 2. The maximum absolute atomic E-state index is 12.5. The first kappa shape index (κ1) is 16.0. The summed E-state index contributed by atoms with van der Waals surface area (Å²) in [6.07, 6.45) is 1.81. The Labute approximate surface area is 118 Å². The molecule has 0 unspecified atom stereocenters. The average Bonchev–Trinajstić information content (AvgIpc) is 2.39. The summed E-state index contributed by atoms with van der Waals surface area (Å²) >= 11 is 4.82. The smallest absolute Gasteiger partial charge is 0.245 e. The quantitative estimate of drug-likeness (QED) is 0.694. The van der Waals surface area contributed by atoms with Gasteiger partial charge >= 0.3 is 0 Å². The molecule has 0 fully saturated rings. The molecule has 1 rings (SSSR count). The van der Waals surface area contributed by atoms with Crippen LogP contribution in [0.15, 0.2) is 23.2 Å². The predicted octanol–water partition coefficient (Wildman–Crippen LogP) is 0.109. The lowest BCUT2D eigenvalue weighted by Crippen LogP contribution is -2.34. The van der Waals surface area contributed by atoms with Gasteiger partial charge in [0.05, 0.1) is 0 Å². The molecule has 0 amide bonds. The molecular formula is C11H17N3O3S2. The Hall–Kier alpha value is -1.09. The van der Waals surface area contributed by atoms with Crippen molar-refractivity contribution >= 4 is 27.2 Å². The summed E-state index contributed by atoms with van der Waals surface area (Å²) in [6, 6.07) is 2.95. The molecule has 0 saturated carbocycles. The molecular weight excluding hydrogens is 286 g/mol. The van der Waals surface area contributed by atoms with E-state index in [1.807, 2.05) is 0 Å². The number of sulfonamides is 1. The van der Waals surface area contributed by atoms with Crippen molar-refractivity contribution in [2.75, 3.05) is 19.7 Å². The normalized spacial score (nSPS) is 11.7. The van der Waals surface area contributed by atoms with Gasteiger partial charge in [0.2, 0.25) is 10.0 Å². The fourth-order valence-corrected chi connectivity index (χ4v) is 3.49. The largest absolute Gasteiger partial charge is 0.396 e. The molecule has 1 aromatic rings. The van der Waals surface area contributed by atoms with Crippen LogP contribution in [0.25, 0.3) is 0 Å². The van der Waals surface area contributed by atoms with Gasteiger partial charge in [-0.3, -0.25) is 4.98 Å². The number of thiocarbonyl (C=S) groups is 1. The Morgan fingerprint density at radius 2 is 2.26 bits per heavy atom. The van der Waals surface area contributed by atoms with E-state index in [1.54, 1.807) is 6.92 Å². The molecule has 0 atom stereocenters. The maximum Gasteiger partial charge on any atom is 0.245 e. The zero-order valence-electron chi connectivity index (χ0n) is 10.6. The summed E-state index contributed by atoms with van der Waals surface area (Å²) in [5.74, 6) is 0. The monoisotopic (exact) mass is 303 g/mol. The highest BCUT2D eigenvalue weighted by Gasteiger charge is 2.26. The molecule has 1 heterocycles. The molecule has 106 valence electrons. The Bertz CT molecular complexity index is 546. The first-order valence-corrected chi connectivity index (χ1v) is 7.65. The van der Waals surface area contributed by atoms with Gasteiger partial charge in [0.15, 0.2) is 0 Å². The zero-order chi connectivity index (χ0) is 14.5. The molecule has 0 radical (unpaired) electrons. The van der Waals surface area contributed by atoms with Crippen LogP contribution in [0, 0.1) is 0 Å². The Morgan fingerprint density at radius 3 is 2.79 bits per heavy atom. The van der Waals surface area contributed by atoms with Gasteiger partial charge in [-0.1, -0.05) is 19.1 Å². The number of aliphatic hydroxyl groups excluding tert-OH is 1. The fourth-order valence-electron chi connectivity index (χ4n) is 1.62. The van der Waals surface area contributed by atoms with Gasteiger partial charge in [0.1, 0.15) is 15.6 Å². The van der Waals surface area contributed by atoms with Gasteiger partial charge in [-0.2, -0.15) is 4.31 Å². The number of pyridine rings is 1. The second kappa shape index (κ2) is 6.90. The van der Waals surface area contributed by atoms with Gasteiger partial charge in [0, 0.05) is 25.9 Å². The Kier molecular flexibility index (Phi) is 5.80. The van der Waals surface area contributed by atoms with Gasteiger partial charge < -0.3 is 10.8 Å². The second-order valence-electron chi connectivity index (χ2n) is 3.79. The van der Waals surface area contributed by atoms with Crippen LogP contribution in [0.1, 0.15) is 19.0 Å². The van der Waals surface area contributed by atoms with Gasteiger partial charge in [-0.25, -0.2) is 8.42 Å². The van der Waals surface area contributed by atoms with Crippen LogP contribution in [-0.4, -0.2) is 47.5 Å². The van der Waals surface area contributed by atoms with E-state index < -0.39 is 10.0 Å². The molecule has 0 aromatic carbocycles. The minimum absolute atomic E-state index is 0.00212. The number of aromatic nitrogens is 1. The summed E-state index contributed by atoms with van der Waals surface area (Å²) in [5, 5.41) is 8.82. The van der Waals surface area contributed by atoms with Crippen molar-refractivity contribution in [3.05, 3.63) is 24.0 Å². The number of hydrogen-bond donors (Lipinski definition) is 2. The van der Waals surface area contributed by atoms with Crippen LogP contribution in [0.2, 0.25) is 0 Å². The molecule has 19 heavy (non-hydrogen) atoms. The van der Waals surface area contributed by atoms with Crippen molar-refractivity contribution in [1.29, 1.82) is 0 Å². The van der Waals surface area contributed by atoms with E-state index in [1.165, 1.54) is 22.6 Å². The van der Waals surface area contributed by atoms with Gasteiger partial charge in [0.25, 0.3) is 0 Å². The molecule has 8 heteroatoms. The molecule has 3 N–H and O–H groups in total. The highest BCUT2D eigenvalue weighted by molar-refractivity contribution is 7.89. The highest BCUT2D eigenvalue weighted by atomic mass is 32.2. The minimum atomic E-state index is -3.71. The lowest BCUT2D eigenvalue weighted by atomic mass is 10.3. The third-order valence-corrected chi connectivity index (χ3v) is 4.74. The topological polar surface area (TPSA) is 96.5 Å². The van der Waals surface area contributed by atoms with Gasteiger partial charge in [-0.15, -0.1) is 0 Å². The van der Waals surface area contributed by atoms with Crippen molar-refractivity contribution < 1.29 is 13.5 Å². The summed E-state index contributed by atoms with van der Waals surface area (Å²) in [5.41, 5.74) is 5.60. The van der Waals surface area contributed by atoms with Crippen LogP contribution in [0.5, 0.6) is 0 Å². The average molecular weight is 303 g/mol. The van der Waals surface area contributed by atoms with Crippen LogP contribution in [-0.2, 0) is 10.0 Å². The summed E-state index contributed by atoms with van der Waals surface area (Å²) < 4.78 is 26.2. The molecule has 0 aliphatic rings. The third-order valence-electron chi connectivity index (χ3n) is 2.54. The lowest BCUT2D eigenvalue weighted by Gasteiger charge is -2.21. The first-order valence-electron chi connectivity index (χ1n) is 5.81. The molecule has 0 spiro atoms. The zero-order valence-corrected chi connectivity index (χ0v) is 12.2. The van der Waals surface area contributed by atoms with Crippen molar-refractivity contribution in [3.63, 3.8) is 0 Å². The van der Waals surface area contributed by atoms with Crippen LogP contribution >= 0.6 is 12.2 Å². The summed E-state index contributed by atoms with van der Waals surface area (Å²) in [6.45, 7) is 2.20. The SMILES string of the molecule is CCN(CCCO)S(=O)(=O)c1cccnc1C(N)=S. The number of hydrogen-bond acceptors (Lipinski definition) is 5. The standard InChI is InChI=1S/C11H17N3O3S2/c1-2-14(7-4-8-15)19(16,17)9-5-3-6-13-10(9)11(12)18/h3,5-6,15H,2,4,7-8H2,1H3,(H2,12,18). The number of rotatable bonds is 7. The van der Waals surface area contributed by atoms with E-state index in [4.69, 9.17) is 23.1 Å². The maximum atomic E-state index is 12.5. The van der Waals surface area contributed by atoms with Crippen LogP contribution < -0.4 is 5.73 Å². The van der Waals surface area contributed by atoms with Crippen molar-refractivity contribution in [3.8, 4) is 0 Å². The molecule has 0 aliphatic carbocycles. The van der Waals surface area contributed by atoms with Crippen LogP contribution in [0.4, 0.5) is 0 Å². The van der Waals surface area contributed by atoms with E-state index in [0.29, 0.717) is 13.0 Å². The molecule has 0 saturated heterocycles. The minimum Gasteiger partial charge on any atom is -0.396 e. The number of aliphatic hydroxyl groups is 1. The van der Waals surface area contributed by atoms with Crippen molar-refractivity contribution in [2.24, 2.45) is 5.73 Å². The molecule has 6 nitrogen and oxygen atoms in total. The molecule has 0 bridgehead atoms. The Balaban J connectivity index is 3.22. The Morgan fingerprint density at radius 1 is 1.58 bits per heavy atom. The fraction of sp³-hybridized carbons (Fsp3) is 0.455.